The van der Waals surface area contributed by atoms with Crippen molar-refractivity contribution in [1.82, 2.24) is 0 Å². The van der Waals surface area contributed by atoms with Crippen LogP contribution in [0.1, 0.15) is 47.0 Å². The van der Waals surface area contributed by atoms with E-state index in [1.807, 2.05) is 0 Å². The van der Waals surface area contributed by atoms with E-state index in [0.717, 1.165) is 25.9 Å². The second-order valence-corrected chi connectivity index (χ2v) is 5.18. The van der Waals surface area contributed by atoms with Gasteiger partial charge in [0, 0.05) is 12.6 Å². The molecule has 0 rings (SSSR count). The molecule has 13 heavy (non-hydrogen) atoms. The second-order valence-electron chi connectivity index (χ2n) is 5.18. The van der Waals surface area contributed by atoms with E-state index in [4.69, 9.17) is 10.5 Å². The van der Waals surface area contributed by atoms with Crippen molar-refractivity contribution in [3.63, 3.8) is 0 Å². The average Bonchev–Trinajstić information content (AvgIpc) is 1.82. The van der Waals surface area contributed by atoms with Gasteiger partial charge < -0.3 is 10.5 Å². The van der Waals surface area contributed by atoms with Gasteiger partial charge in [-0.15, -0.1) is 0 Å². The van der Waals surface area contributed by atoms with Crippen molar-refractivity contribution in [3.8, 4) is 0 Å². The molecule has 0 spiro atoms. The van der Waals surface area contributed by atoms with Crippen LogP contribution in [0.15, 0.2) is 0 Å². The van der Waals surface area contributed by atoms with Gasteiger partial charge in [-0.1, -0.05) is 27.2 Å². The Morgan fingerprint density at radius 1 is 1.23 bits per heavy atom. The van der Waals surface area contributed by atoms with E-state index >= 15 is 0 Å². The number of rotatable bonds is 6. The quantitative estimate of drug-likeness (QED) is 0.693. The molecule has 0 saturated carbocycles. The fourth-order valence-electron chi connectivity index (χ4n) is 2.19. The molecule has 0 radical (unpaired) electrons. The molecule has 0 amide bonds. The van der Waals surface area contributed by atoms with Crippen molar-refractivity contribution < 1.29 is 4.74 Å². The zero-order valence-electron chi connectivity index (χ0n) is 9.81. The van der Waals surface area contributed by atoms with Crippen molar-refractivity contribution in [3.05, 3.63) is 0 Å². The third-order valence-corrected chi connectivity index (χ3v) is 2.24. The fraction of sp³-hybridized carbons (Fsp3) is 1.00. The van der Waals surface area contributed by atoms with Crippen LogP contribution in [0, 0.1) is 5.41 Å². The Morgan fingerprint density at radius 3 is 2.15 bits per heavy atom. The van der Waals surface area contributed by atoms with Crippen LogP contribution >= 0.6 is 0 Å². The maximum Gasteiger partial charge on any atom is 0.0514 e. The monoisotopic (exact) mass is 187 g/mol. The topological polar surface area (TPSA) is 35.2 Å². The summed E-state index contributed by atoms with van der Waals surface area (Å²) in [6.45, 7) is 9.50. The number of methoxy groups -OCH3 is 1. The first-order chi connectivity index (χ1) is 5.83. The molecule has 0 aromatic rings. The highest BCUT2D eigenvalue weighted by Crippen LogP contribution is 2.29. The minimum atomic E-state index is -0.0449. The first kappa shape index (κ1) is 12.9. The van der Waals surface area contributed by atoms with Gasteiger partial charge in [0.2, 0.25) is 0 Å². The van der Waals surface area contributed by atoms with Crippen molar-refractivity contribution in [2.45, 2.75) is 52.5 Å². The Hall–Kier alpha value is -0.0800. The summed E-state index contributed by atoms with van der Waals surface area (Å²) in [5, 5.41) is 0. The van der Waals surface area contributed by atoms with Gasteiger partial charge in [0.15, 0.2) is 0 Å². The van der Waals surface area contributed by atoms with Gasteiger partial charge in [-0.25, -0.2) is 0 Å². The second kappa shape index (κ2) is 4.97. The molecule has 2 N–H and O–H groups in total. The SMILES string of the molecule is CCCC(C)(N)CC(C)(C)COC. The van der Waals surface area contributed by atoms with Crippen LogP contribution in [-0.2, 0) is 4.74 Å². The van der Waals surface area contributed by atoms with Crippen LogP contribution in [0.5, 0.6) is 0 Å². The molecule has 0 bridgehead atoms. The fourth-order valence-corrected chi connectivity index (χ4v) is 2.19. The first-order valence-electron chi connectivity index (χ1n) is 5.11. The number of hydrogen-bond acceptors (Lipinski definition) is 2. The van der Waals surface area contributed by atoms with E-state index in [9.17, 15) is 0 Å². The number of nitrogens with two attached hydrogens (primary N) is 1. The number of hydrogen-bond donors (Lipinski definition) is 1. The van der Waals surface area contributed by atoms with Crippen LogP contribution in [0.2, 0.25) is 0 Å². The lowest BCUT2D eigenvalue weighted by Crippen LogP contribution is -2.41. The summed E-state index contributed by atoms with van der Waals surface area (Å²) >= 11 is 0. The molecule has 0 aromatic carbocycles. The summed E-state index contributed by atoms with van der Waals surface area (Å²) in [5.74, 6) is 0. The van der Waals surface area contributed by atoms with Gasteiger partial charge >= 0.3 is 0 Å². The van der Waals surface area contributed by atoms with E-state index in [-0.39, 0.29) is 11.0 Å². The highest BCUT2D eigenvalue weighted by Gasteiger charge is 2.28. The van der Waals surface area contributed by atoms with Gasteiger partial charge in [-0.2, -0.15) is 0 Å². The van der Waals surface area contributed by atoms with Gasteiger partial charge in [0.1, 0.15) is 0 Å². The Bertz CT molecular complexity index is 125. The summed E-state index contributed by atoms with van der Waals surface area (Å²) in [4.78, 5) is 0. The van der Waals surface area contributed by atoms with Crippen LogP contribution in [0.4, 0.5) is 0 Å². The van der Waals surface area contributed by atoms with Crippen LogP contribution in [-0.4, -0.2) is 19.3 Å². The third-order valence-electron chi connectivity index (χ3n) is 2.24. The first-order valence-corrected chi connectivity index (χ1v) is 5.11. The predicted molar refractivity (Wildman–Crippen MR) is 57.8 cm³/mol. The molecule has 0 aliphatic heterocycles. The minimum Gasteiger partial charge on any atom is -0.384 e. The molecule has 0 aliphatic rings. The summed E-state index contributed by atoms with van der Waals surface area (Å²) in [5.41, 5.74) is 6.33. The Labute approximate surface area is 82.8 Å². The molecule has 0 aromatic heterocycles. The third kappa shape index (κ3) is 6.05. The van der Waals surface area contributed by atoms with Gasteiger partial charge in [0.25, 0.3) is 0 Å². The minimum absolute atomic E-state index is 0.0449. The van der Waals surface area contributed by atoms with E-state index in [1.54, 1.807) is 7.11 Å². The van der Waals surface area contributed by atoms with Crippen molar-refractivity contribution in [1.29, 1.82) is 0 Å². The Kier molecular flexibility index (Phi) is 4.93. The standard InChI is InChI=1S/C11H25NO/c1-6-7-11(4,12)8-10(2,3)9-13-5/h6-9,12H2,1-5H3. The largest absolute Gasteiger partial charge is 0.384 e. The van der Waals surface area contributed by atoms with Crippen LogP contribution in [0.3, 0.4) is 0 Å². The van der Waals surface area contributed by atoms with Crippen molar-refractivity contribution in [2.75, 3.05) is 13.7 Å². The predicted octanol–water partition coefficient (Wildman–Crippen LogP) is 2.57. The number of ether oxygens (including phenoxy) is 1. The average molecular weight is 187 g/mol. The molecule has 0 saturated heterocycles. The molecule has 1 unspecified atom stereocenters. The van der Waals surface area contributed by atoms with E-state index in [2.05, 4.69) is 27.7 Å². The lowest BCUT2D eigenvalue weighted by atomic mass is 9.78. The molecule has 0 heterocycles. The van der Waals surface area contributed by atoms with Gasteiger partial charge in [-0.3, -0.25) is 0 Å². The summed E-state index contributed by atoms with van der Waals surface area (Å²) in [7, 11) is 1.75. The Morgan fingerprint density at radius 2 is 1.77 bits per heavy atom. The summed E-state index contributed by atoms with van der Waals surface area (Å²) < 4.78 is 5.18. The van der Waals surface area contributed by atoms with E-state index in [0.29, 0.717) is 0 Å². The van der Waals surface area contributed by atoms with Gasteiger partial charge in [-0.05, 0) is 25.2 Å². The molecule has 0 aliphatic carbocycles. The molecule has 2 heteroatoms. The molecule has 80 valence electrons. The van der Waals surface area contributed by atoms with E-state index in [1.165, 1.54) is 0 Å². The normalized spacial score (nSPS) is 17.1. The lowest BCUT2D eigenvalue weighted by Gasteiger charge is -2.34. The summed E-state index contributed by atoms with van der Waals surface area (Å²) in [6.07, 6.45) is 3.25. The highest BCUT2D eigenvalue weighted by atomic mass is 16.5. The maximum absolute atomic E-state index is 6.19. The van der Waals surface area contributed by atoms with Crippen LogP contribution in [0.25, 0.3) is 0 Å². The molecular formula is C11H25NO. The lowest BCUT2D eigenvalue weighted by molar-refractivity contribution is 0.0800. The zero-order chi connectivity index (χ0) is 10.5. The maximum atomic E-state index is 6.19. The van der Waals surface area contributed by atoms with Crippen molar-refractivity contribution >= 4 is 0 Å². The molecule has 0 fully saturated rings. The molecule has 1 atom stereocenters. The Balaban J connectivity index is 4.07. The van der Waals surface area contributed by atoms with Crippen LogP contribution < -0.4 is 5.73 Å². The zero-order valence-corrected chi connectivity index (χ0v) is 9.81. The smallest absolute Gasteiger partial charge is 0.0514 e. The molecular weight excluding hydrogens is 162 g/mol. The van der Waals surface area contributed by atoms with E-state index < -0.39 is 0 Å². The summed E-state index contributed by atoms with van der Waals surface area (Å²) in [6, 6.07) is 0. The highest BCUT2D eigenvalue weighted by molar-refractivity contribution is 4.85. The van der Waals surface area contributed by atoms with Crippen molar-refractivity contribution in [2.24, 2.45) is 11.1 Å². The van der Waals surface area contributed by atoms with Gasteiger partial charge in [0.05, 0.1) is 6.61 Å². The molecule has 2 nitrogen and oxygen atoms in total.